The van der Waals surface area contributed by atoms with Crippen LogP contribution in [0.3, 0.4) is 0 Å². The Bertz CT molecular complexity index is 1020. The van der Waals surface area contributed by atoms with Crippen LogP contribution in [0.2, 0.25) is 0 Å². The number of halogens is 1. The first kappa shape index (κ1) is 24.3. The first-order valence-electron chi connectivity index (χ1n) is 12.5. The monoisotopic (exact) mass is 467 g/mol. The number of ketones is 2. The zero-order valence-corrected chi connectivity index (χ0v) is 20.0. The summed E-state index contributed by atoms with van der Waals surface area (Å²) >= 11 is 0. The third-order valence-corrected chi connectivity index (χ3v) is 7.06. The van der Waals surface area contributed by atoms with Crippen molar-refractivity contribution in [3.8, 4) is 0 Å². The molecule has 0 radical (unpaired) electrons. The number of nitrogens with zero attached hydrogens (tertiary/aromatic N) is 3. The van der Waals surface area contributed by atoms with Gasteiger partial charge in [-0.25, -0.2) is 4.39 Å². The number of hydrogen-bond donors (Lipinski definition) is 0. The van der Waals surface area contributed by atoms with Gasteiger partial charge in [-0.15, -0.1) is 0 Å². The lowest BCUT2D eigenvalue weighted by molar-refractivity contribution is 0.0758. The molecule has 6 nitrogen and oxygen atoms in total. The van der Waals surface area contributed by atoms with Crippen LogP contribution in [0.4, 0.5) is 4.39 Å². The van der Waals surface area contributed by atoms with Crippen LogP contribution in [0.1, 0.15) is 76.7 Å². The van der Waals surface area contributed by atoms with E-state index < -0.39 is 0 Å². The molecule has 0 spiro atoms. The highest BCUT2D eigenvalue weighted by molar-refractivity contribution is 6.09. The Balaban J connectivity index is 1.23. The van der Waals surface area contributed by atoms with Crippen molar-refractivity contribution in [3.05, 3.63) is 59.2 Å². The first-order valence-corrected chi connectivity index (χ1v) is 12.5. The zero-order chi connectivity index (χ0) is 24.1. The third kappa shape index (κ3) is 5.46. The van der Waals surface area contributed by atoms with E-state index in [-0.39, 0.29) is 29.2 Å². The van der Waals surface area contributed by atoms with E-state index in [1.54, 1.807) is 23.1 Å². The minimum Gasteiger partial charge on any atom is -0.344 e. The van der Waals surface area contributed by atoms with Crippen molar-refractivity contribution in [2.75, 3.05) is 32.7 Å². The molecule has 0 bridgehead atoms. The quantitative estimate of drug-likeness (QED) is 0.404. The summed E-state index contributed by atoms with van der Waals surface area (Å²) in [6.45, 7) is 6.67. The van der Waals surface area contributed by atoms with Crippen LogP contribution >= 0.6 is 0 Å². The SMILES string of the molecule is CCCN1CCC(=O)c2c(ccn2CCCCN2CCC(C(=O)c3ccc(F)cc3)CC2)C1=O. The molecule has 182 valence electrons. The number of fused-ring (bicyclic) bond motifs is 1. The second-order valence-corrected chi connectivity index (χ2v) is 9.43. The maximum atomic E-state index is 13.1. The van der Waals surface area contributed by atoms with E-state index >= 15 is 0 Å². The van der Waals surface area contributed by atoms with Crippen molar-refractivity contribution in [2.45, 2.75) is 52.0 Å². The number of carbonyl (C=O) groups is 3. The highest BCUT2D eigenvalue weighted by Crippen LogP contribution is 2.23. The van der Waals surface area contributed by atoms with Crippen LogP contribution in [0.25, 0.3) is 0 Å². The summed E-state index contributed by atoms with van der Waals surface area (Å²) in [7, 11) is 0. The van der Waals surface area contributed by atoms with Crippen molar-refractivity contribution in [1.82, 2.24) is 14.4 Å². The van der Waals surface area contributed by atoms with Gasteiger partial charge in [-0.3, -0.25) is 14.4 Å². The summed E-state index contributed by atoms with van der Waals surface area (Å²) in [5, 5.41) is 0. The fraction of sp³-hybridized carbons (Fsp3) is 0.519. The molecule has 0 unspecified atom stereocenters. The number of unbranched alkanes of at least 4 members (excludes halogenated alkanes) is 1. The Morgan fingerprint density at radius 3 is 2.38 bits per heavy atom. The van der Waals surface area contributed by atoms with Gasteiger partial charge in [0.05, 0.1) is 11.3 Å². The number of Topliss-reactive ketones (excluding diaryl/α,β-unsaturated/α-hetero) is 2. The van der Waals surface area contributed by atoms with Crippen molar-refractivity contribution in [3.63, 3.8) is 0 Å². The lowest BCUT2D eigenvalue weighted by Gasteiger charge is -2.31. The fourth-order valence-electron chi connectivity index (χ4n) is 5.14. The summed E-state index contributed by atoms with van der Waals surface area (Å²) in [6, 6.07) is 7.64. The van der Waals surface area contributed by atoms with Crippen molar-refractivity contribution in [2.24, 2.45) is 5.92 Å². The Morgan fingerprint density at radius 1 is 0.971 bits per heavy atom. The average Bonchev–Trinajstić information content (AvgIpc) is 3.23. The molecule has 1 aromatic carbocycles. The molecular formula is C27H34FN3O3. The van der Waals surface area contributed by atoms with Crippen LogP contribution in [0.15, 0.2) is 36.5 Å². The number of amides is 1. The predicted octanol–water partition coefficient (Wildman–Crippen LogP) is 4.44. The predicted molar refractivity (Wildman–Crippen MR) is 129 cm³/mol. The maximum Gasteiger partial charge on any atom is 0.256 e. The van der Waals surface area contributed by atoms with Gasteiger partial charge in [0, 0.05) is 43.7 Å². The molecule has 2 aromatic rings. The molecule has 3 heterocycles. The Kier molecular flexibility index (Phi) is 7.93. The second-order valence-electron chi connectivity index (χ2n) is 9.43. The van der Waals surface area contributed by atoms with E-state index in [2.05, 4.69) is 4.90 Å². The van der Waals surface area contributed by atoms with Gasteiger partial charge in [-0.05, 0) is 82.1 Å². The van der Waals surface area contributed by atoms with Gasteiger partial charge in [0.2, 0.25) is 0 Å². The molecule has 1 aromatic heterocycles. The van der Waals surface area contributed by atoms with E-state index in [0.29, 0.717) is 36.3 Å². The summed E-state index contributed by atoms with van der Waals surface area (Å²) in [5.74, 6) is -0.173. The van der Waals surface area contributed by atoms with E-state index in [0.717, 1.165) is 58.3 Å². The first-order chi connectivity index (χ1) is 16.5. The number of aromatic nitrogens is 1. The Morgan fingerprint density at radius 2 is 1.68 bits per heavy atom. The molecule has 4 rings (SSSR count). The van der Waals surface area contributed by atoms with Crippen molar-refractivity contribution < 1.29 is 18.8 Å². The number of aryl methyl sites for hydroxylation is 1. The second kappa shape index (κ2) is 11.1. The van der Waals surface area contributed by atoms with Gasteiger partial charge >= 0.3 is 0 Å². The number of carbonyl (C=O) groups excluding carboxylic acids is 3. The summed E-state index contributed by atoms with van der Waals surface area (Å²) in [5.41, 5.74) is 1.71. The van der Waals surface area contributed by atoms with Gasteiger partial charge in [-0.1, -0.05) is 6.92 Å². The van der Waals surface area contributed by atoms with Gasteiger partial charge in [0.15, 0.2) is 11.6 Å². The Hall–Kier alpha value is -2.80. The molecule has 7 heteroatoms. The fourth-order valence-corrected chi connectivity index (χ4v) is 5.14. The largest absolute Gasteiger partial charge is 0.344 e. The molecule has 1 amide bonds. The standard InChI is InChI=1S/C27H34FN3O3/c1-2-13-31-19-12-24(32)25-23(27(31)34)11-18-30(25)15-4-3-14-29-16-9-21(10-17-29)26(33)20-5-7-22(28)8-6-20/h5-8,11,18,21H,2-4,9-10,12-17,19H2,1H3. The molecule has 34 heavy (non-hydrogen) atoms. The summed E-state index contributed by atoms with van der Waals surface area (Å²) in [6.07, 6.45) is 6.71. The lowest BCUT2D eigenvalue weighted by atomic mass is 9.89. The Labute approximate surface area is 200 Å². The van der Waals surface area contributed by atoms with Crippen LogP contribution in [-0.2, 0) is 6.54 Å². The minimum atomic E-state index is -0.322. The lowest BCUT2D eigenvalue weighted by Crippen LogP contribution is -2.37. The topological polar surface area (TPSA) is 62.6 Å². The van der Waals surface area contributed by atoms with E-state index in [1.807, 2.05) is 17.7 Å². The molecule has 2 aliphatic rings. The molecular weight excluding hydrogens is 433 g/mol. The van der Waals surface area contributed by atoms with Crippen LogP contribution in [0, 0.1) is 11.7 Å². The minimum absolute atomic E-state index is 0.00728. The van der Waals surface area contributed by atoms with Crippen LogP contribution in [0.5, 0.6) is 0 Å². The number of rotatable bonds is 9. The van der Waals surface area contributed by atoms with E-state index in [4.69, 9.17) is 0 Å². The number of hydrogen-bond acceptors (Lipinski definition) is 4. The van der Waals surface area contributed by atoms with Gasteiger partial charge in [0.25, 0.3) is 5.91 Å². The molecule has 0 N–H and O–H groups in total. The van der Waals surface area contributed by atoms with E-state index in [9.17, 15) is 18.8 Å². The smallest absolute Gasteiger partial charge is 0.256 e. The molecule has 0 saturated carbocycles. The molecule has 1 saturated heterocycles. The highest BCUT2D eigenvalue weighted by atomic mass is 19.1. The van der Waals surface area contributed by atoms with Gasteiger partial charge in [-0.2, -0.15) is 0 Å². The molecule has 0 atom stereocenters. The molecule has 1 fully saturated rings. The number of likely N-dealkylation sites (tertiary alicyclic amines) is 1. The summed E-state index contributed by atoms with van der Waals surface area (Å²) < 4.78 is 15.1. The molecule has 2 aliphatic heterocycles. The molecule has 0 aliphatic carbocycles. The number of benzene rings is 1. The van der Waals surface area contributed by atoms with Crippen molar-refractivity contribution >= 4 is 17.5 Å². The van der Waals surface area contributed by atoms with Gasteiger partial charge in [0.1, 0.15) is 5.82 Å². The maximum absolute atomic E-state index is 13.1. The number of piperidine rings is 1. The normalized spacial score (nSPS) is 17.6. The van der Waals surface area contributed by atoms with Crippen LogP contribution < -0.4 is 0 Å². The van der Waals surface area contributed by atoms with E-state index in [1.165, 1.54) is 12.1 Å². The average molecular weight is 468 g/mol. The summed E-state index contributed by atoms with van der Waals surface area (Å²) in [4.78, 5) is 42.4. The van der Waals surface area contributed by atoms with Crippen molar-refractivity contribution in [1.29, 1.82) is 0 Å². The van der Waals surface area contributed by atoms with Gasteiger partial charge < -0.3 is 14.4 Å². The zero-order valence-electron chi connectivity index (χ0n) is 20.0. The highest BCUT2D eigenvalue weighted by Gasteiger charge is 2.29. The van der Waals surface area contributed by atoms with Crippen LogP contribution in [-0.4, -0.2) is 64.6 Å². The third-order valence-electron chi connectivity index (χ3n) is 7.06.